The standard InChI is InChI=1S/C20H29N7O2/c1-17-15-18(23-29-17)16-25-9-7-24(8-10-25)6-3-19(28)26-11-13-27(14-12-26)20-21-4-2-5-22-20/h2,4-5,15H,3,6-14,16H2,1H3. The van der Waals surface area contributed by atoms with Crippen LogP contribution < -0.4 is 4.90 Å². The van der Waals surface area contributed by atoms with E-state index in [9.17, 15) is 4.79 Å². The summed E-state index contributed by atoms with van der Waals surface area (Å²) in [6.45, 7) is 10.6. The van der Waals surface area contributed by atoms with E-state index in [-0.39, 0.29) is 5.91 Å². The quantitative estimate of drug-likeness (QED) is 0.700. The molecule has 0 saturated carbocycles. The van der Waals surface area contributed by atoms with Gasteiger partial charge < -0.3 is 19.2 Å². The highest BCUT2D eigenvalue weighted by atomic mass is 16.5. The third kappa shape index (κ3) is 5.30. The Morgan fingerprint density at radius 3 is 2.34 bits per heavy atom. The Balaban J connectivity index is 1.14. The van der Waals surface area contributed by atoms with Crippen molar-refractivity contribution in [2.45, 2.75) is 19.9 Å². The van der Waals surface area contributed by atoms with Crippen LogP contribution in [0.5, 0.6) is 0 Å². The molecule has 9 nitrogen and oxygen atoms in total. The highest BCUT2D eigenvalue weighted by Gasteiger charge is 2.24. The molecule has 29 heavy (non-hydrogen) atoms. The summed E-state index contributed by atoms with van der Waals surface area (Å²) < 4.78 is 5.14. The van der Waals surface area contributed by atoms with Crippen LogP contribution in [0, 0.1) is 6.92 Å². The first-order valence-corrected chi connectivity index (χ1v) is 10.3. The van der Waals surface area contributed by atoms with E-state index in [4.69, 9.17) is 4.52 Å². The number of rotatable bonds is 6. The summed E-state index contributed by atoms with van der Waals surface area (Å²) in [6.07, 6.45) is 4.10. The number of aromatic nitrogens is 3. The molecule has 2 aromatic heterocycles. The fourth-order valence-electron chi connectivity index (χ4n) is 3.91. The molecule has 4 heterocycles. The predicted octanol–water partition coefficient (Wildman–Crippen LogP) is 0.630. The molecule has 0 aliphatic carbocycles. The molecule has 0 unspecified atom stereocenters. The lowest BCUT2D eigenvalue weighted by atomic mass is 10.2. The number of hydrogen-bond acceptors (Lipinski definition) is 8. The lowest BCUT2D eigenvalue weighted by Gasteiger charge is -2.36. The van der Waals surface area contributed by atoms with Crippen molar-refractivity contribution in [3.63, 3.8) is 0 Å². The molecule has 0 N–H and O–H groups in total. The summed E-state index contributed by atoms with van der Waals surface area (Å²) in [7, 11) is 0. The van der Waals surface area contributed by atoms with Gasteiger partial charge in [0, 0.05) is 90.3 Å². The van der Waals surface area contributed by atoms with Gasteiger partial charge in [-0.2, -0.15) is 0 Å². The van der Waals surface area contributed by atoms with Crippen LogP contribution in [0.3, 0.4) is 0 Å². The molecular weight excluding hydrogens is 370 g/mol. The van der Waals surface area contributed by atoms with Gasteiger partial charge in [-0.05, 0) is 13.0 Å². The maximum absolute atomic E-state index is 12.6. The van der Waals surface area contributed by atoms with Crippen molar-refractivity contribution in [3.8, 4) is 0 Å². The third-order valence-electron chi connectivity index (χ3n) is 5.64. The van der Waals surface area contributed by atoms with Gasteiger partial charge in [-0.15, -0.1) is 0 Å². The fraction of sp³-hybridized carbons (Fsp3) is 0.600. The number of amides is 1. The molecule has 0 spiro atoms. The van der Waals surface area contributed by atoms with E-state index in [1.807, 2.05) is 24.0 Å². The molecule has 2 aromatic rings. The van der Waals surface area contributed by atoms with Crippen LogP contribution in [0.25, 0.3) is 0 Å². The van der Waals surface area contributed by atoms with Gasteiger partial charge in [0.1, 0.15) is 5.76 Å². The van der Waals surface area contributed by atoms with Crippen LogP contribution in [0.15, 0.2) is 29.0 Å². The van der Waals surface area contributed by atoms with Crippen LogP contribution in [-0.2, 0) is 11.3 Å². The van der Waals surface area contributed by atoms with E-state index in [1.165, 1.54) is 0 Å². The zero-order chi connectivity index (χ0) is 20.1. The lowest BCUT2D eigenvalue weighted by molar-refractivity contribution is -0.131. The van der Waals surface area contributed by atoms with Gasteiger partial charge in [-0.25, -0.2) is 9.97 Å². The molecule has 2 aliphatic heterocycles. The van der Waals surface area contributed by atoms with E-state index in [1.54, 1.807) is 12.4 Å². The summed E-state index contributed by atoms with van der Waals surface area (Å²) in [4.78, 5) is 30.1. The van der Waals surface area contributed by atoms with Crippen LogP contribution in [0.4, 0.5) is 5.95 Å². The number of piperazine rings is 2. The molecule has 9 heteroatoms. The molecule has 2 fully saturated rings. The number of carbonyl (C=O) groups is 1. The largest absolute Gasteiger partial charge is 0.361 e. The summed E-state index contributed by atoms with van der Waals surface area (Å²) in [5, 5.41) is 4.07. The van der Waals surface area contributed by atoms with E-state index in [0.717, 1.165) is 82.9 Å². The molecule has 2 saturated heterocycles. The van der Waals surface area contributed by atoms with Crippen LogP contribution >= 0.6 is 0 Å². The predicted molar refractivity (Wildman–Crippen MR) is 108 cm³/mol. The Hall–Kier alpha value is -2.52. The van der Waals surface area contributed by atoms with Gasteiger partial charge in [0.15, 0.2) is 0 Å². The SMILES string of the molecule is Cc1cc(CN2CCN(CCC(=O)N3CCN(c4ncccn4)CC3)CC2)no1. The third-order valence-corrected chi connectivity index (χ3v) is 5.64. The molecule has 156 valence electrons. The highest BCUT2D eigenvalue weighted by molar-refractivity contribution is 5.76. The van der Waals surface area contributed by atoms with E-state index in [2.05, 4.69) is 29.8 Å². The second kappa shape index (κ2) is 9.32. The lowest BCUT2D eigenvalue weighted by Crippen LogP contribution is -2.50. The van der Waals surface area contributed by atoms with E-state index in [0.29, 0.717) is 6.42 Å². The van der Waals surface area contributed by atoms with Crippen molar-refractivity contribution in [2.24, 2.45) is 0 Å². The Morgan fingerprint density at radius 1 is 1.00 bits per heavy atom. The minimum Gasteiger partial charge on any atom is -0.361 e. The minimum atomic E-state index is 0.249. The monoisotopic (exact) mass is 399 g/mol. The summed E-state index contributed by atoms with van der Waals surface area (Å²) in [5.41, 5.74) is 0.992. The van der Waals surface area contributed by atoms with Gasteiger partial charge in [0.05, 0.1) is 5.69 Å². The number of hydrogen-bond donors (Lipinski definition) is 0. The second-order valence-electron chi connectivity index (χ2n) is 7.71. The Labute approximate surface area is 171 Å². The van der Waals surface area contributed by atoms with Crippen LogP contribution in [-0.4, -0.2) is 94.6 Å². The second-order valence-corrected chi connectivity index (χ2v) is 7.71. The average Bonchev–Trinajstić information content (AvgIpc) is 3.18. The molecule has 4 rings (SSSR count). The van der Waals surface area contributed by atoms with Gasteiger partial charge in [0.25, 0.3) is 0 Å². The number of carbonyl (C=O) groups excluding carboxylic acids is 1. The van der Waals surface area contributed by atoms with Gasteiger partial charge in [0.2, 0.25) is 11.9 Å². The van der Waals surface area contributed by atoms with Gasteiger partial charge in [-0.1, -0.05) is 5.16 Å². The highest BCUT2D eigenvalue weighted by Crippen LogP contribution is 2.12. The van der Waals surface area contributed by atoms with Gasteiger partial charge in [-0.3, -0.25) is 9.69 Å². The topological polar surface area (TPSA) is 81.8 Å². The van der Waals surface area contributed by atoms with Crippen LogP contribution in [0.1, 0.15) is 17.9 Å². The first kappa shape index (κ1) is 19.8. The molecule has 0 aromatic carbocycles. The van der Waals surface area contributed by atoms with Crippen molar-refractivity contribution in [3.05, 3.63) is 36.0 Å². The van der Waals surface area contributed by atoms with Crippen molar-refractivity contribution < 1.29 is 9.32 Å². The normalized spacial score (nSPS) is 18.9. The van der Waals surface area contributed by atoms with Crippen molar-refractivity contribution in [1.82, 2.24) is 29.8 Å². The molecular formula is C20H29N7O2. The first-order valence-electron chi connectivity index (χ1n) is 10.3. The number of anilines is 1. The number of nitrogens with zero attached hydrogens (tertiary/aromatic N) is 7. The summed E-state index contributed by atoms with van der Waals surface area (Å²) in [5.74, 6) is 1.85. The minimum absolute atomic E-state index is 0.249. The van der Waals surface area contributed by atoms with Crippen LogP contribution in [0.2, 0.25) is 0 Å². The molecule has 2 aliphatic rings. The average molecular weight is 399 g/mol. The van der Waals surface area contributed by atoms with Crippen molar-refractivity contribution >= 4 is 11.9 Å². The van der Waals surface area contributed by atoms with E-state index >= 15 is 0 Å². The Morgan fingerprint density at radius 2 is 1.69 bits per heavy atom. The molecule has 0 radical (unpaired) electrons. The first-order chi connectivity index (χ1) is 14.2. The van der Waals surface area contributed by atoms with Gasteiger partial charge >= 0.3 is 0 Å². The summed E-state index contributed by atoms with van der Waals surface area (Å²) >= 11 is 0. The van der Waals surface area contributed by atoms with Crippen molar-refractivity contribution in [1.29, 1.82) is 0 Å². The molecule has 0 bridgehead atoms. The van der Waals surface area contributed by atoms with Crippen molar-refractivity contribution in [2.75, 3.05) is 63.8 Å². The zero-order valence-corrected chi connectivity index (χ0v) is 17.0. The smallest absolute Gasteiger partial charge is 0.225 e. The maximum Gasteiger partial charge on any atom is 0.225 e. The molecule has 1 amide bonds. The van der Waals surface area contributed by atoms with E-state index < -0.39 is 0 Å². The zero-order valence-electron chi connectivity index (χ0n) is 17.0. The number of aryl methyl sites for hydroxylation is 1. The Kier molecular flexibility index (Phi) is 6.36. The molecule has 0 atom stereocenters. The fourth-order valence-corrected chi connectivity index (χ4v) is 3.91. The Bertz CT molecular complexity index is 781. The summed E-state index contributed by atoms with van der Waals surface area (Å²) in [6, 6.07) is 3.81. The maximum atomic E-state index is 12.6.